The number of ether oxygens (including phenoxy) is 1. The Bertz CT molecular complexity index is 322. The Labute approximate surface area is 82.1 Å². The molecule has 2 N–H and O–H groups in total. The van der Waals surface area contributed by atoms with Crippen molar-refractivity contribution >= 4 is 5.97 Å². The van der Waals surface area contributed by atoms with Crippen LogP contribution in [0, 0.1) is 0 Å². The predicted octanol–water partition coefficient (Wildman–Crippen LogP) is -0.863. The first kappa shape index (κ1) is 9.21. The van der Waals surface area contributed by atoms with E-state index in [0.29, 0.717) is 12.3 Å². The molecule has 1 aliphatic rings. The van der Waals surface area contributed by atoms with E-state index in [1.54, 1.807) is 13.1 Å². The van der Waals surface area contributed by atoms with Crippen LogP contribution in [0.4, 0.5) is 0 Å². The van der Waals surface area contributed by atoms with E-state index in [1.807, 2.05) is 4.57 Å². The Morgan fingerprint density at radius 1 is 1.79 bits per heavy atom. The fourth-order valence-corrected chi connectivity index (χ4v) is 1.58. The molecule has 1 aromatic rings. The van der Waals surface area contributed by atoms with Crippen LogP contribution in [0.3, 0.4) is 0 Å². The summed E-state index contributed by atoms with van der Waals surface area (Å²) in [4.78, 5) is 15.6. The van der Waals surface area contributed by atoms with Gasteiger partial charge in [-0.2, -0.15) is 0 Å². The van der Waals surface area contributed by atoms with Crippen LogP contribution in [0.1, 0.15) is 23.2 Å². The largest absolute Gasteiger partial charge is 0.461 e. The van der Waals surface area contributed by atoms with Crippen LogP contribution in [-0.4, -0.2) is 28.7 Å². The molecule has 14 heavy (non-hydrogen) atoms. The monoisotopic (exact) mass is 196 g/mol. The molecule has 0 saturated carbocycles. The SMILES string of the molecule is CCOC(=O)c1cn2c(n1)C[NH2+]CC2. The van der Waals surface area contributed by atoms with Gasteiger partial charge in [0, 0.05) is 6.20 Å². The van der Waals surface area contributed by atoms with Crippen molar-refractivity contribution in [1.82, 2.24) is 9.55 Å². The Balaban J connectivity index is 2.19. The quantitative estimate of drug-likeness (QED) is 0.626. The Hall–Kier alpha value is -1.36. The lowest BCUT2D eigenvalue weighted by atomic mass is 10.4. The normalized spacial score (nSPS) is 14.9. The lowest BCUT2D eigenvalue weighted by molar-refractivity contribution is -0.678. The first-order valence-corrected chi connectivity index (χ1v) is 4.86. The van der Waals surface area contributed by atoms with Gasteiger partial charge in [-0.3, -0.25) is 0 Å². The lowest BCUT2D eigenvalue weighted by Gasteiger charge is -2.10. The van der Waals surface area contributed by atoms with Gasteiger partial charge in [-0.1, -0.05) is 0 Å². The molecule has 2 rings (SSSR count). The number of hydrogen-bond acceptors (Lipinski definition) is 3. The van der Waals surface area contributed by atoms with Crippen molar-refractivity contribution in [3.05, 3.63) is 17.7 Å². The van der Waals surface area contributed by atoms with E-state index in [1.165, 1.54) is 0 Å². The van der Waals surface area contributed by atoms with Crippen LogP contribution < -0.4 is 5.32 Å². The van der Waals surface area contributed by atoms with Gasteiger partial charge in [-0.25, -0.2) is 9.78 Å². The molecular formula is C9H14N3O2+. The maximum Gasteiger partial charge on any atom is 0.358 e. The second kappa shape index (κ2) is 3.79. The van der Waals surface area contributed by atoms with Gasteiger partial charge in [0.05, 0.1) is 19.7 Å². The van der Waals surface area contributed by atoms with E-state index >= 15 is 0 Å². The minimum atomic E-state index is -0.325. The maximum atomic E-state index is 11.4. The van der Waals surface area contributed by atoms with Gasteiger partial charge in [0.2, 0.25) is 0 Å². The summed E-state index contributed by atoms with van der Waals surface area (Å²) in [7, 11) is 0. The summed E-state index contributed by atoms with van der Waals surface area (Å²) >= 11 is 0. The molecule has 0 unspecified atom stereocenters. The highest BCUT2D eigenvalue weighted by molar-refractivity contribution is 5.87. The van der Waals surface area contributed by atoms with E-state index in [4.69, 9.17) is 4.74 Å². The highest BCUT2D eigenvalue weighted by Gasteiger charge is 2.18. The van der Waals surface area contributed by atoms with Gasteiger partial charge in [0.15, 0.2) is 11.5 Å². The second-order valence-corrected chi connectivity index (χ2v) is 3.24. The van der Waals surface area contributed by atoms with Crippen molar-refractivity contribution in [3.63, 3.8) is 0 Å². The zero-order chi connectivity index (χ0) is 9.97. The highest BCUT2D eigenvalue weighted by Crippen LogP contribution is 2.05. The predicted molar refractivity (Wildman–Crippen MR) is 48.7 cm³/mol. The number of nitrogens with two attached hydrogens (primary N) is 1. The third-order valence-corrected chi connectivity index (χ3v) is 2.24. The number of carbonyl (C=O) groups is 1. The topological polar surface area (TPSA) is 60.7 Å². The molecule has 1 aliphatic heterocycles. The molecule has 0 amide bonds. The molecule has 0 atom stereocenters. The van der Waals surface area contributed by atoms with Crippen molar-refractivity contribution in [1.29, 1.82) is 0 Å². The standard InChI is InChI=1S/C9H13N3O2/c1-2-14-9(13)7-6-12-4-3-10-5-8(12)11-7/h6,10H,2-5H2,1H3/p+1. The van der Waals surface area contributed by atoms with E-state index in [9.17, 15) is 4.79 Å². The van der Waals surface area contributed by atoms with E-state index in [0.717, 1.165) is 25.5 Å². The lowest BCUT2D eigenvalue weighted by Crippen LogP contribution is -2.85. The van der Waals surface area contributed by atoms with Gasteiger partial charge < -0.3 is 14.6 Å². The molecule has 0 bridgehead atoms. The molecule has 0 spiro atoms. The number of esters is 1. The summed E-state index contributed by atoms with van der Waals surface area (Å²) in [5.74, 6) is 0.633. The van der Waals surface area contributed by atoms with Crippen LogP contribution in [0.15, 0.2) is 6.20 Å². The summed E-state index contributed by atoms with van der Waals surface area (Å²) in [6.07, 6.45) is 1.78. The van der Waals surface area contributed by atoms with Gasteiger partial charge >= 0.3 is 5.97 Å². The van der Waals surface area contributed by atoms with Gasteiger partial charge in [-0.15, -0.1) is 0 Å². The van der Waals surface area contributed by atoms with E-state index < -0.39 is 0 Å². The first-order valence-electron chi connectivity index (χ1n) is 4.86. The number of aromatic nitrogens is 2. The molecule has 0 aromatic carbocycles. The third-order valence-electron chi connectivity index (χ3n) is 2.24. The number of nitrogens with zero attached hydrogens (tertiary/aromatic N) is 2. The molecular weight excluding hydrogens is 182 g/mol. The van der Waals surface area contributed by atoms with E-state index in [2.05, 4.69) is 10.3 Å². The van der Waals surface area contributed by atoms with Crippen LogP contribution in [0.2, 0.25) is 0 Å². The Morgan fingerprint density at radius 2 is 2.64 bits per heavy atom. The number of fused-ring (bicyclic) bond motifs is 1. The highest BCUT2D eigenvalue weighted by atomic mass is 16.5. The van der Waals surface area contributed by atoms with Crippen LogP contribution in [0.25, 0.3) is 0 Å². The molecule has 0 radical (unpaired) electrons. The summed E-state index contributed by atoms with van der Waals surface area (Å²) in [6.45, 7) is 5.00. The minimum Gasteiger partial charge on any atom is -0.461 e. The fraction of sp³-hybridized carbons (Fsp3) is 0.556. The van der Waals surface area contributed by atoms with Gasteiger partial charge in [-0.05, 0) is 6.92 Å². The summed E-state index contributed by atoms with van der Waals surface area (Å²) < 4.78 is 6.90. The molecule has 0 saturated heterocycles. The average molecular weight is 196 g/mol. The number of carbonyl (C=O) groups excluding carboxylic acids is 1. The second-order valence-electron chi connectivity index (χ2n) is 3.24. The zero-order valence-corrected chi connectivity index (χ0v) is 8.19. The summed E-state index contributed by atoms with van der Waals surface area (Å²) in [6, 6.07) is 0. The number of quaternary nitrogens is 1. The fourth-order valence-electron chi connectivity index (χ4n) is 1.58. The molecule has 5 heteroatoms. The maximum absolute atomic E-state index is 11.4. The summed E-state index contributed by atoms with van der Waals surface area (Å²) in [5.41, 5.74) is 0.428. The average Bonchev–Trinajstić information content (AvgIpc) is 2.61. The summed E-state index contributed by atoms with van der Waals surface area (Å²) in [5, 5.41) is 2.18. The smallest absolute Gasteiger partial charge is 0.358 e. The van der Waals surface area contributed by atoms with Crippen molar-refractivity contribution in [2.24, 2.45) is 0 Å². The molecule has 0 aliphatic carbocycles. The molecule has 1 aromatic heterocycles. The number of imidazole rings is 1. The first-order chi connectivity index (χ1) is 6.81. The Morgan fingerprint density at radius 3 is 3.36 bits per heavy atom. The van der Waals surface area contributed by atoms with Crippen LogP contribution >= 0.6 is 0 Å². The number of hydrogen-bond donors (Lipinski definition) is 1. The van der Waals surface area contributed by atoms with Crippen molar-refractivity contribution in [2.75, 3.05) is 13.2 Å². The Kier molecular flexibility index (Phi) is 2.49. The van der Waals surface area contributed by atoms with Crippen molar-refractivity contribution < 1.29 is 14.8 Å². The number of rotatable bonds is 2. The molecule has 76 valence electrons. The van der Waals surface area contributed by atoms with Gasteiger partial charge in [0.25, 0.3) is 0 Å². The molecule has 5 nitrogen and oxygen atoms in total. The molecule has 2 heterocycles. The minimum absolute atomic E-state index is 0.325. The molecule has 0 fully saturated rings. The van der Waals surface area contributed by atoms with Crippen LogP contribution in [0.5, 0.6) is 0 Å². The third kappa shape index (κ3) is 1.63. The van der Waals surface area contributed by atoms with Crippen molar-refractivity contribution in [3.8, 4) is 0 Å². The van der Waals surface area contributed by atoms with Crippen molar-refractivity contribution in [2.45, 2.75) is 20.0 Å². The van der Waals surface area contributed by atoms with E-state index in [-0.39, 0.29) is 5.97 Å². The zero-order valence-electron chi connectivity index (χ0n) is 8.19. The van der Waals surface area contributed by atoms with Gasteiger partial charge in [0.1, 0.15) is 6.54 Å². The van der Waals surface area contributed by atoms with Crippen LogP contribution in [-0.2, 0) is 17.8 Å².